The van der Waals surface area contributed by atoms with Crippen molar-refractivity contribution < 1.29 is 9.59 Å². The third-order valence-corrected chi connectivity index (χ3v) is 6.02. The molecule has 0 N–H and O–H groups in total. The Hall–Kier alpha value is -2.04. The second kappa shape index (κ2) is 7.68. The van der Waals surface area contributed by atoms with Crippen molar-refractivity contribution in [1.29, 1.82) is 0 Å². The summed E-state index contributed by atoms with van der Waals surface area (Å²) in [6, 6.07) is 8.31. The van der Waals surface area contributed by atoms with Crippen molar-refractivity contribution in [2.24, 2.45) is 5.92 Å². The lowest BCUT2D eigenvalue weighted by Gasteiger charge is -2.29. The molecule has 0 bridgehead atoms. The molecule has 1 atom stereocenters. The highest BCUT2D eigenvalue weighted by atomic mass is 16.2. The van der Waals surface area contributed by atoms with Gasteiger partial charge < -0.3 is 14.7 Å². The molecule has 0 radical (unpaired) electrons. The van der Waals surface area contributed by atoms with E-state index in [4.69, 9.17) is 0 Å². The third-order valence-electron chi connectivity index (χ3n) is 6.02. The fourth-order valence-corrected chi connectivity index (χ4v) is 4.49. The number of carbonyl (C=O) groups is 2. The van der Waals surface area contributed by atoms with E-state index in [2.05, 4.69) is 17.0 Å². The van der Waals surface area contributed by atoms with Crippen LogP contribution in [0.5, 0.6) is 0 Å². The number of piperidine rings is 2. The van der Waals surface area contributed by atoms with Crippen LogP contribution in [0.3, 0.4) is 0 Å². The van der Waals surface area contributed by atoms with Crippen LogP contribution in [0.2, 0.25) is 0 Å². The van der Waals surface area contributed by atoms with Crippen molar-refractivity contribution in [2.45, 2.75) is 44.9 Å². The Kier molecular flexibility index (Phi) is 5.14. The van der Waals surface area contributed by atoms with Crippen molar-refractivity contribution in [3.8, 4) is 0 Å². The lowest BCUT2D eigenvalue weighted by Crippen LogP contribution is -2.40. The molecule has 3 saturated heterocycles. The number of benzene rings is 1. The molecule has 0 spiro atoms. The second-order valence-electron chi connectivity index (χ2n) is 7.86. The molecule has 4 rings (SSSR count). The van der Waals surface area contributed by atoms with Crippen LogP contribution >= 0.6 is 0 Å². The summed E-state index contributed by atoms with van der Waals surface area (Å²) in [4.78, 5) is 31.4. The summed E-state index contributed by atoms with van der Waals surface area (Å²) in [6.45, 7) is 4.47. The van der Waals surface area contributed by atoms with Gasteiger partial charge in [-0.2, -0.15) is 0 Å². The standard InChI is InChI=1S/C21H29N3O2/c25-20-15-17(21(26)23-13-5-2-6-14-23)16-24(20)19-9-7-18(8-10-19)22-11-3-1-4-12-22/h7-10,17H,1-6,11-16H2. The molecule has 0 saturated carbocycles. The van der Waals surface area contributed by atoms with Gasteiger partial charge in [-0.3, -0.25) is 9.59 Å². The van der Waals surface area contributed by atoms with Crippen LogP contribution < -0.4 is 9.80 Å². The number of likely N-dealkylation sites (tertiary alicyclic amines) is 1. The number of rotatable bonds is 3. The first kappa shape index (κ1) is 17.4. The van der Waals surface area contributed by atoms with Crippen LogP contribution in [0.25, 0.3) is 0 Å². The summed E-state index contributed by atoms with van der Waals surface area (Å²) in [7, 11) is 0. The molecule has 26 heavy (non-hydrogen) atoms. The molecule has 140 valence electrons. The van der Waals surface area contributed by atoms with Gasteiger partial charge in [0.25, 0.3) is 0 Å². The summed E-state index contributed by atoms with van der Waals surface area (Å²) in [5, 5.41) is 0. The largest absolute Gasteiger partial charge is 0.372 e. The first-order valence-corrected chi connectivity index (χ1v) is 10.2. The number of carbonyl (C=O) groups excluding carboxylic acids is 2. The highest BCUT2D eigenvalue weighted by Crippen LogP contribution is 2.29. The van der Waals surface area contributed by atoms with Gasteiger partial charge in [-0.15, -0.1) is 0 Å². The topological polar surface area (TPSA) is 43.9 Å². The highest BCUT2D eigenvalue weighted by Gasteiger charge is 2.37. The Morgan fingerprint density at radius 2 is 1.38 bits per heavy atom. The third kappa shape index (κ3) is 3.57. The van der Waals surface area contributed by atoms with Gasteiger partial charge in [-0.05, 0) is 62.8 Å². The lowest BCUT2D eigenvalue weighted by molar-refractivity contribution is -0.136. The molecule has 3 fully saturated rings. The molecule has 3 aliphatic heterocycles. The molecule has 5 nitrogen and oxygen atoms in total. The number of hydrogen-bond acceptors (Lipinski definition) is 3. The van der Waals surface area contributed by atoms with E-state index < -0.39 is 0 Å². The fourth-order valence-electron chi connectivity index (χ4n) is 4.49. The van der Waals surface area contributed by atoms with Crippen LogP contribution in [0.1, 0.15) is 44.9 Å². The van der Waals surface area contributed by atoms with E-state index in [0.717, 1.165) is 44.7 Å². The van der Waals surface area contributed by atoms with Gasteiger partial charge in [-0.25, -0.2) is 0 Å². The predicted octanol–water partition coefficient (Wildman–Crippen LogP) is 3.04. The van der Waals surface area contributed by atoms with Crippen LogP contribution in [0.15, 0.2) is 24.3 Å². The average Bonchev–Trinajstić information content (AvgIpc) is 3.10. The molecule has 5 heteroatoms. The van der Waals surface area contributed by atoms with E-state index in [0.29, 0.717) is 13.0 Å². The Balaban J connectivity index is 1.41. The maximum atomic E-state index is 12.7. The monoisotopic (exact) mass is 355 g/mol. The van der Waals surface area contributed by atoms with E-state index in [1.807, 2.05) is 17.0 Å². The van der Waals surface area contributed by atoms with Gasteiger partial charge in [0, 0.05) is 50.5 Å². The van der Waals surface area contributed by atoms with Gasteiger partial charge in [0.1, 0.15) is 0 Å². The number of hydrogen-bond donors (Lipinski definition) is 0. The first-order valence-electron chi connectivity index (χ1n) is 10.2. The molecule has 0 aromatic heterocycles. The Bertz CT molecular complexity index is 646. The molecule has 0 aliphatic carbocycles. The van der Waals surface area contributed by atoms with Crippen molar-refractivity contribution >= 4 is 23.2 Å². The molecule has 3 aliphatic rings. The minimum Gasteiger partial charge on any atom is -0.372 e. The number of nitrogens with zero attached hydrogens (tertiary/aromatic N) is 3. The number of anilines is 2. The predicted molar refractivity (Wildman–Crippen MR) is 103 cm³/mol. The summed E-state index contributed by atoms with van der Waals surface area (Å²) < 4.78 is 0. The van der Waals surface area contributed by atoms with E-state index in [9.17, 15) is 9.59 Å². The maximum Gasteiger partial charge on any atom is 0.228 e. The zero-order valence-electron chi connectivity index (χ0n) is 15.5. The quantitative estimate of drug-likeness (QED) is 0.837. The lowest BCUT2D eigenvalue weighted by atomic mass is 10.0. The number of amides is 2. The SMILES string of the molecule is O=C(C1CC(=O)N(c2ccc(N3CCCCC3)cc2)C1)N1CCCCC1. The summed E-state index contributed by atoms with van der Waals surface area (Å²) in [5.41, 5.74) is 2.16. The van der Waals surface area contributed by atoms with E-state index in [-0.39, 0.29) is 17.7 Å². The Morgan fingerprint density at radius 1 is 0.808 bits per heavy atom. The molecule has 1 aromatic carbocycles. The minimum atomic E-state index is -0.178. The van der Waals surface area contributed by atoms with Crippen LogP contribution in [-0.4, -0.2) is 49.4 Å². The molecule has 1 unspecified atom stereocenters. The van der Waals surface area contributed by atoms with Crippen molar-refractivity contribution in [3.63, 3.8) is 0 Å². The first-order chi connectivity index (χ1) is 12.7. The Morgan fingerprint density at radius 3 is 2.04 bits per heavy atom. The molecular weight excluding hydrogens is 326 g/mol. The zero-order valence-corrected chi connectivity index (χ0v) is 15.5. The van der Waals surface area contributed by atoms with Gasteiger partial charge in [-0.1, -0.05) is 0 Å². The van der Waals surface area contributed by atoms with Crippen LogP contribution in [0, 0.1) is 5.92 Å². The van der Waals surface area contributed by atoms with E-state index in [1.165, 1.54) is 31.4 Å². The average molecular weight is 355 g/mol. The van der Waals surface area contributed by atoms with Crippen molar-refractivity contribution in [2.75, 3.05) is 42.5 Å². The van der Waals surface area contributed by atoms with E-state index in [1.54, 1.807) is 4.90 Å². The highest BCUT2D eigenvalue weighted by molar-refractivity contribution is 6.00. The summed E-state index contributed by atoms with van der Waals surface area (Å²) >= 11 is 0. The zero-order chi connectivity index (χ0) is 17.9. The van der Waals surface area contributed by atoms with Gasteiger partial charge in [0.2, 0.25) is 11.8 Å². The molecule has 2 amide bonds. The maximum absolute atomic E-state index is 12.7. The fraction of sp³-hybridized carbons (Fsp3) is 0.619. The Labute approximate surface area is 155 Å². The van der Waals surface area contributed by atoms with Crippen LogP contribution in [-0.2, 0) is 9.59 Å². The van der Waals surface area contributed by atoms with Crippen LogP contribution in [0.4, 0.5) is 11.4 Å². The minimum absolute atomic E-state index is 0.0751. The second-order valence-corrected chi connectivity index (χ2v) is 7.86. The van der Waals surface area contributed by atoms with Crippen molar-refractivity contribution in [1.82, 2.24) is 4.90 Å². The van der Waals surface area contributed by atoms with Gasteiger partial charge in [0.15, 0.2) is 0 Å². The summed E-state index contributed by atoms with van der Waals surface area (Å²) in [6.07, 6.45) is 7.58. The molecule has 3 heterocycles. The summed E-state index contributed by atoms with van der Waals surface area (Å²) in [5.74, 6) is 0.0685. The molecule has 1 aromatic rings. The molecular formula is C21H29N3O2. The smallest absolute Gasteiger partial charge is 0.228 e. The van der Waals surface area contributed by atoms with Gasteiger partial charge >= 0.3 is 0 Å². The normalized spacial score (nSPS) is 24.2. The van der Waals surface area contributed by atoms with E-state index >= 15 is 0 Å². The van der Waals surface area contributed by atoms with Gasteiger partial charge in [0.05, 0.1) is 5.92 Å². The van der Waals surface area contributed by atoms with Crippen molar-refractivity contribution in [3.05, 3.63) is 24.3 Å².